The molecule has 0 aromatic rings. The normalized spacial score (nSPS) is 14.8. The van der Waals surface area contributed by atoms with Gasteiger partial charge in [0.2, 0.25) is 0 Å². The number of carboxylic acids is 1. The van der Waals surface area contributed by atoms with Crippen LogP contribution in [0.1, 0.15) is 19.8 Å². The molecule has 0 fully saturated rings. The Morgan fingerprint density at radius 2 is 1.24 bits per heavy atom. The summed E-state index contributed by atoms with van der Waals surface area (Å²) < 4.78 is 25.3. The predicted octanol–water partition coefficient (Wildman–Crippen LogP) is 4.83. The Labute approximate surface area is 180 Å². The fourth-order valence-electron chi connectivity index (χ4n) is 2.64. The molecule has 0 saturated carbocycles. The number of aliphatic carboxylic acids is 1. The van der Waals surface area contributed by atoms with Crippen LogP contribution in [0.2, 0.25) is 65.0 Å². The molecule has 0 bridgehead atoms. The molecule has 0 saturated heterocycles. The highest BCUT2D eigenvalue weighted by atomic mass is 28.5. The average Bonchev–Trinajstić information content (AvgIpc) is 2.43. The van der Waals surface area contributed by atoms with E-state index in [0.717, 1.165) is 12.2 Å². The monoisotopic (exact) mass is 480 g/mol. The molecule has 0 rings (SSSR count). The van der Waals surface area contributed by atoms with Gasteiger partial charge in [-0.15, -0.1) is 0 Å². The van der Waals surface area contributed by atoms with Crippen molar-refractivity contribution in [1.29, 1.82) is 0 Å². The first-order valence-electron chi connectivity index (χ1n) is 10.1. The van der Waals surface area contributed by atoms with Gasteiger partial charge in [-0.3, -0.25) is 0 Å². The van der Waals surface area contributed by atoms with E-state index in [1.807, 2.05) is 6.92 Å². The van der Waals surface area contributed by atoms with Gasteiger partial charge < -0.3 is 22.2 Å². The minimum atomic E-state index is -2.99. The van der Waals surface area contributed by atoms with E-state index in [1.54, 1.807) is 0 Å². The topological polar surface area (TPSA) is 91.3 Å². The maximum absolute atomic E-state index is 11.9. The summed E-state index contributed by atoms with van der Waals surface area (Å²) in [4.78, 5) is 22.5. The van der Waals surface area contributed by atoms with Crippen LogP contribution in [0.25, 0.3) is 0 Å². The summed E-state index contributed by atoms with van der Waals surface area (Å²) in [6, 6.07) is 0.570. The molecule has 0 aliphatic heterocycles. The van der Waals surface area contributed by atoms with Crippen LogP contribution in [-0.2, 0) is 26.7 Å². The number of carbonyl (C=O) groups is 2. The Hall–Kier alpha value is -0.572. The second-order valence-electron chi connectivity index (χ2n) is 10.0. The first-order chi connectivity index (χ1) is 12.9. The molecule has 0 aromatic carbocycles. The summed E-state index contributed by atoms with van der Waals surface area (Å²) >= 11 is 0. The van der Waals surface area contributed by atoms with E-state index in [0.29, 0.717) is 18.9 Å². The molecular weight excluding hydrogens is 441 g/mol. The van der Waals surface area contributed by atoms with Gasteiger partial charge in [-0.2, -0.15) is 0 Å². The lowest BCUT2D eigenvalue weighted by Gasteiger charge is -2.43. The van der Waals surface area contributed by atoms with Crippen LogP contribution in [0.15, 0.2) is 12.2 Å². The first kappa shape index (κ1) is 28.4. The van der Waals surface area contributed by atoms with Gasteiger partial charge in [-0.25, -0.2) is 9.59 Å². The molecule has 170 valence electrons. The smallest absolute Gasteiger partial charge is 0.469 e. The van der Waals surface area contributed by atoms with Gasteiger partial charge >= 0.3 is 20.7 Å². The van der Waals surface area contributed by atoms with E-state index in [9.17, 15) is 9.59 Å². The van der Waals surface area contributed by atoms with Gasteiger partial charge in [0, 0.05) is 18.2 Å². The molecular formula is C18H40O7Si4. The lowest BCUT2D eigenvalue weighted by Crippen LogP contribution is -2.60. The van der Waals surface area contributed by atoms with E-state index in [4.69, 9.17) is 22.2 Å². The molecule has 0 aliphatic carbocycles. The molecule has 0 aromatic heterocycles. The molecule has 0 aliphatic rings. The Kier molecular flexibility index (Phi) is 10.9. The van der Waals surface area contributed by atoms with Gasteiger partial charge in [0.1, 0.15) is 6.10 Å². The maximum atomic E-state index is 11.9. The Bertz CT molecular complexity index is 533. The van der Waals surface area contributed by atoms with Gasteiger partial charge in [-0.1, -0.05) is 6.92 Å². The predicted molar refractivity (Wildman–Crippen MR) is 125 cm³/mol. The molecule has 11 heteroatoms. The van der Waals surface area contributed by atoms with E-state index in [1.165, 1.54) is 0 Å². The van der Waals surface area contributed by atoms with E-state index in [-0.39, 0.29) is 6.10 Å². The van der Waals surface area contributed by atoms with Crippen molar-refractivity contribution >= 4 is 45.7 Å². The van der Waals surface area contributed by atoms with Crippen molar-refractivity contribution in [3.8, 4) is 0 Å². The van der Waals surface area contributed by atoms with E-state index in [2.05, 4.69) is 58.9 Å². The molecule has 0 radical (unpaired) electrons. The molecule has 1 unspecified atom stereocenters. The highest BCUT2D eigenvalue weighted by Gasteiger charge is 2.50. The van der Waals surface area contributed by atoms with Gasteiger partial charge in [0.25, 0.3) is 0 Å². The van der Waals surface area contributed by atoms with Crippen LogP contribution in [0.5, 0.6) is 0 Å². The van der Waals surface area contributed by atoms with Crippen LogP contribution >= 0.6 is 0 Å². The van der Waals surface area contributed by atoms with Gasteiger partial charge in [0.15, 0.2) is 25.0 Å². The number of ether oxygens (including phenoxy) is 1. The Morgan fingerprint density at radius 1 is 0.828 bits per heavy atom. The minimum absolute atomic E-state index is 0.353. The number of hydrogen-bond acceptors (Lipinski definition) is 6. The number of esters is 1. The quantitative estimate of drug-likeness (QED) is 0.229. The van der Waals surface area contributed by atoms with Crippen LogP contribution in [0.4, 0.5) is 0 Å². The molecule has 1 atom stereocenters. The summed E-state index contributed by atoms with van der Waals surface area (Å²) in [5, 5.41) is 8.66. The fourth-order valence-corrected chi connectivity index (χ4v) is 17.4. The summed E-state index contributed by atoms with van der Waals surface area (Å²) in [5.41, 5.74) is 0. The number of hydrogen-bond donors (Lipinski definition) is 1. The van der Waals surface area contributed by atoms with Crippen molar-refractivity contribution in [2.75, 3.05) is 0 Å². The lowest BCUT2D eigenvalue weighted by atomic mass is 10.2. The number of carboxylic acid groups (broad SMARTS) is 1. The average molecular weight is 481 g/mol. The van der Waals surface area contributed by atoms with Crippen molar-refractivity contribution < 1.29 is 31.8 Å². The number of carbonyl (C=O) groups excluding carboxylic acids is 1. The summed E-state index contributed by atoms with van der Waals surface area (Å²) in [7, 11) is -8.87. The zero-order valence-corrected chi connectivity index (χ0v) is 23.8. The van der Waals surface area contributed by atoms with Crippen molar-refractivity contribution in [3.63, 3.8) is 0 Å². The van der Waals surface area contributed by atoms with Crippen molar-refractivity contribution in [1.82, 2.24) is 0 Å². The highest BCUT2D eigenvalue weighted by molar-refractivity contribution is 6.90. The molecule has 1 N–H and O–H groups in total. The molecule has 0 amide bonds. The summed E-state index contributed by atoms with van der Waals surface area (Å²) in [6.07, 6.45) is 2.53. The number of rotatable bonds is 13. The third-order valence-corrected chi connectivity index (χ3v) is 15.2. The van der Waals surface area contributed by atoms with Gasteiger partial charge in [-0.05, 0) is 71.8 Å². The fraction of sp³-hybridized carbons (Fsp3) is 0.778. The largest absolute Gasteiger partial charge is 0.478 e. The van der Waals surface area contributed by atoms with E-state index < -0.39 is 45.7 Å². The summed E-state index contributed by atoms with van der Waals surface area (Å²) in [5.74, 6) is -1.84. The van der Waals surface area contributed by atoms with Crippen LogP contribution in [0, 0.1) is 0 Å². The second kappa shape index (κ2) is 11.2. The first-order valence-corrected chi connectivity index (χ1v) is 22.2. The van der Waals surface area contributed by atoms with Crippen LogP contribution < -0.4 is 0 Å². The van der Waals surface area contributed by atoms with Crippen LogP contribution in [0.3, 0.4) is 0 Å². The zero-order chi connectivity index (χ0) is 23.1. The molecule has 7 nitrogen and oxygen atoms in total. The molecule has 0 heterocycles. The summed E-state index contributed by atoms with van der Waals surface area (Å²) in [6.45, 7) is 21.1. The van der Waals surface area contributed by atoms with Gasteiger partial charge in [0.05, 0.1) is 0 Å². The third-order valence-electron chi connectivity index (χ3n) is 3.26. The zero-order valence-electron chi connectivity index (χ0n) is 19.8. The minimum Gasteiger partial charge on any atom is -0.478 e. The molecule has 29 heavy (non-hydrogen) atoms. The van der Waals surface area contributed by atoms with E-state index >= 15 is 0 Å². The molecule has 0 spiro atoms. The Balaban J connectivity index is 5.58. The third kappa shape index (κ3) is 15.0. The second-order valence-corrected chi connectivity index (χ2v) is 27.0. The van der Waals surface area contributed by atoms with Crippen LogP contribution in [-0.4, -0.2) is 56.9 Å². The maximum Gasteiger partial charge on any atom is 0.469 e. The Morgan fingerprint density at radius 3 is 1.55 bits per heavy atom. The standard InChI is InChI=1S/C18H40O7Si4/c1-11-16(22-18(21)13-12-17(19)20)14-15-29(23-26(2,3)4,24-27(5,6)7)25-28(8,9)10/h12-13,16H,11,14-15H2,1-10H3,(H,19,20)/b13-12+. The van der Waals surface area contributed by atoms with Crippen molar-refractivity contribution in [2.24, 2.45) is 0 Å². The lowest BCUT2D eigenvalue weighted by molar-refractivity contribution is -0.144. The van der Waals surface area contributed by atoms with Crippen molar-refractivity contribution in [3.05, 3.63) is 12.2 Å². The highest BCUT2D eigenvalue weighted by Crippen LogP contribution is 2.31. The van der Waals surface area contributed by atoms with Crippen molar-refractivity contribution in [2.45, 2.75) is 90.8 Å². The SMILES string of the molecule is CCC(CC[Si](O[Si](C)(C)C)(O[Si](C)(C)C)O[Si](C)(C)C)OC(=O)/C=C/C(=O)O.